The average molecular weight is 388 g/mol. The zero-order chi connectivity index (χ0) is 19.6. The number of fused-ring (bicyclic) bond motifs is 2. The van der Waals surface area contributed by atoms with E-state index in [1.54, 1.807) is 6.20 Å². The van der Waals surface area contributed by atoms with Gasteiger partial charge in [0.1, 0.15) is 17.3 Å². The van der Waals surface area contributed by atoms with Crippen LogP contribution < -0.4 is 10.1 Å². The molecule has 0 radical (unpaired) electrons. The van der Waals surface area contributed by atoms with Gasteiger partial charge in [-0.15, -0.1) is 0 Å². The topological polar surface area (TPSA) is 59.4 Å². The summed E-state index contributed by atoms with van der Waals surface area (Å²) in [5, 5.41) is 2.96. The Labute approximate surface area is 170 Å². The predicted molar refractivity (Wildman–Crippen MR) is 111 cm³/mol. The number of para-hydroxylation sites is 1. The van der Waals surface area contributed by atoms with Crippen molar-refractivity contribution in [2.45, 2.75) is 25.9 Å². The van der Waals surface area contributed by atoms with Gasteiger partial charge in [-0.25, -0.2) is 4.98 Å². The van der Waals surface area contributed by atoms with Crippen molar-refractivity contribution in [3.8, 4) is 5.75 Å². The van der Waals surface area contributed by atoms with Crippen LogP contribution in [-0.2, 0) is 25.9 Å². The molecular formula is C23H24N4O2. The van der Waals surface area contributed by atoms with Crippen molar-refractivity contribution in [3.63, 3.8) is 0 Å². The fourth-order valence-corrected chi connectivity index (χ4v) is 4.13. The minimum absolute atomic E-state index is 0.109. The molecule has 0 unspecified atom stereocenters. The summed E-state index contributed by atoms with van der Waals surface area (Å²) in [4.78, 5) is 19.7. The molecule has 2 aliphatic heterocycles. The number of aromatic nitrogens is 2. The molecule has 2 aliphatic rings. The zero-order valence-electron chi connectivity index (χ0n) is 16.3. The third kappa shape index (κ3) is 3.76. The largest absolute Gasteiger partial charge is 0.493 e. The maximum atomic E-state index is 12.7. The number of nitrogens with one attached hydrogen (secondary N) is 1. The molecule has 1 aromatic heterocycles. The minimum Gasteiger partial charge on any atom is -0.493 e. The molecule has 0 bridgehead atoms. The van der Waals surface area contributed by atoms with Gasteiger partial charge in [-0.2, -0.15) is 0 Å². The molecule has 3 heterocycles. The molecule has 0 saturated carbocycles. The Kier molecular flexibility index (Phi) is 4.77. The Bertz CT molecular complexity index is 1030. The number of carbonyl (C=O) groups is 1. The molecule has 2 aromatic carbocycles. The summed E-state index contributed by atoms with van der Waals surface area (Å²) in [7, 11) is 0. The van der Waals surface area contributed by atoms with Gasteiger partial charge < -0.3 is 14.6 Å². The fraction of sp³-hybridized carbons (Fsp3) is 0.304. The number of benzene rings is 2. The second kappa shape index (κ2) is 7.72. The summed E-state index contributed by atoms with van der Waals surface area (Å²) >= 11 is 0. The summed E-state index contributed by atoms with van der Waals surface area (Å²) in [6.45, 7) is 4.29. The molecule has 5 rings (SSSR count). The predicted octanol–water partition coefficient (Wildman–Crippen LogP) is 3.13. The van der Waals surface area contributed by atoms with E-state index in [1.807, 2.05) is 30.3 Å². The van der Waals surface area contributed by atoms with Crippen molar-refractivity contribution in [1.82, 2.24) is 14.5 Å². The van der Waals surface area contributed by atoms with Crippen molar-refractivity contribution >= 4 is 11.6 Å². The number of hydrogen-bond acceptors (Lipinski definition) is 4. The van der Waals surface area contributed by atoms with Crippen molar-refractivity contribution < 1.29 is 9.53 Å². The maximum absolute atomic E-state index is 12.7. The summed E-state index contributed by atoms with van der Waals surface area (Å²) in [6.07, 6.45) is 3.54. The van der Waals surface area contributed by atoms with E-state index in [2.05, 4.69) is 38.0 Å². The molecule has 0 aliphatic carbocycles. The Morgan fingerprint density at radius 2 is 1.97 bits per heavy atom. The lowest BCUT2D eigenvalue weighted by Crippen LogP contribution is -2.27. The highest BCUT2D eigenvalue weighted by atomic mass is 16.5. The number of nitrogens with zero attached hydrogens (tertiary/aromatic N) is 3. The van der Waals surface area contributed by atoms with Crippen molar-refractivity contribution in [1.29, 1.82) is 0 Å². The molecule has 148 valence electrons. The van der Waals surface area contributed by atoms with Gasteiger partial charge in [-0.05, 0) is 29.3 Å². The standard InChI is InChI=1S/C23H24N4O2/c28-23(25-19-4-2-1-3-5-19)20-15-24-22-8-10-26(11-12-27(20)22)16-17-6-7-21-18(14-17)9-13-29-21/h1-7,14-15H,8-13,16H2,(H,25,28). The van der Waals surface area contributed by atoms with Crippen LogP contribution in [0, 0.1) is 0 Å². The number of rotatable bonds is 4. The smallest absolute Gasteiger partial charge is 0.273 e. The highest BCUT2D eigenvalue weighted by molar-refractivity contribution is 6.03. The van der Waals surface area contributed by atoms with E-state index < -0.39 is 0 Å². The van der Waals surface area contributed by atoms with Gasteiger partial charge in [0, 0.05) is 44.7 Å². The van der Waals surface area contributed by atoms with Gasteiger partial charge >= 0.3 is 0 Å². The molecular weight excluding hydrogens is 364 g/mol. The minimum atomic E-state index is -0.109. The molecule has 1 N–H and O–H groups in total. The quantitative estimate of drug-likeness (QED) is 0.746. The van der Waals surface area contributed by atoms with E-state index in [0.717, 1.165) is 62.9 Å². The SMILES string of the molecule is O=C(Nc1ccccc1)c1cnc2n1CCN(Cc1ccc3c(c1)CCO3)CC2. The van der Waals surface area contributed by atoms with Crippen LogP contribution in [0.1, 0.15) is 27.4 Å². The number of amides is 1. The highest BCUT2D eigenvalue weighted by Crippen LogP contribution is 2.26. The van der Waals surface area contributed by atoms with Gasteiger partial charge in [-0.1, -0.05) is 30.3 Å². The summed E-state index contributed by atoms with van der Waals surface area (Å²) in [5.41, 5.74) is 4.05. The second-order valence-corrected chi connectivity index (χ2v) is 7.60. The summed E-state index contributed by atoms with van der Waals surface area (Å²) < 4.78 is 7.67. The van der Waals surface area contributed by atoms with Crippen LogP contribution in [0.25, 0.3) is 0 Å². The molecule has 29 heavy (non-hydrogen) atoms. The number of anilines is 1. The first-order valence-corrected chi connectivity index (χ1v) is 10.1. The van der Waals surface area contributed by atoms with Crippen LogP contribution in [0.3, 0.4) is 0 Å². The first kappa shape index (κ1) is 17.9. The number of imidazole rings is 1. The lowest BCUT2D eigenvalue weighted by atomic mass is 10.1. The molecule has 0 atom stereocenters. The van der Waals surface area contributed by atoms with Crippen LogP contribution >= 0.6 is 0 Å². The first-order chi connectivity index (χ1) is 14.3. The second-order valence-electron chi connectivity index (χ2n) is 7.60. The highest BCUT2D eigenvalue weighted by Gasteiger charge is 2.21. The Morgan fingerprint density at radius 1 is 1.07 bits per heavy atom. The zero-order valence-corrected chi connectivity index (χ0v) is 16.3. The van der Waals surface area contributed by atoms with Crippen molar-refractivity contribution in [2.24, 2.45) is 0 Å². The van der Waals surface area contributed by atoms with E-state index in [-0.39, 0.29) is 5.91 Å². The number of hydrogen-bond donors (Lipinski definition) is 1. The van der Waals surface area contributed by atoms with Crippen LogP contribution in [-0.4, -0.2) is 40.1 Å². The molecule has 6 nitrogen and oxygen atoms in total. The molecule has 3 aromatic rings. The summed E-state index contributed by atoms with van der Waals surface area (Å²) in [6, 6.07) is 16.1. The third-order valence-corrected chi connectivity index (χ3v) is 5.65. The van der Waals surface area contributed by atoms with Gasteiger partial charge in [0.2, 0.25) is 0 Å². The van der Waals surface area contributed by atoms with Gasteiger partial charge in [0.15, 0.2) is 0 Å². The van der Waals surface area contributed by atoms with Gasteiger partial charge in [0.25, 0.3) is 5.91 Å². The van der Waals surface area contributed by atoms with Crippen LogP contribution in [0.2, 0.25) is 0 Å². The molecule has 1 amide bonds. The monoisotopic (exact) mass is 388 g/mol. The van der Waals surface area contributed by atoms with Crippen molar-refractivity contribution in [3.05, 3.63) is 77.4 Å². The van der Waals surface area contributed by atoms with Crippen LogP contribution in [0.5, 0.6) is 5.75 Å². The molecule has 0 saturated heterocycles. The summed E-state index contributed by atoms with van der Waals surface area (Å²) in [5.74, 6) is 1.90. The third-order valence-electron chi connectivity index (χ3n) is 5.65. The van der Waals surface area contributed by atoms with Crippen molar-refractivity contribution in [2.75, 3.05) is 25.0 Å². The van der Waals surface area contributed by atoms with Gasteiger partial charge in [0.05, 0.1) is 12.8 Å². The molecule has 6 heteroatoms. The van der Waals surface area contributed by atoms with Gasteiger partial charge in [-0.3, -0.25) is 9.69 Å². The average Bonchev–Trinajstić information content (AvgIpc) is 3.32. The van der Waals surface area contributed by atoms with E-state index in [1.165, 1.54) is 11.1 Å². The number of ether oxygens (including phenoxy) is 1. The van der Waals surface area contributed by atoms with E-state index in [4.69, 9.17) is 4.74 Å². The van der Waals surface area contributed by atoms with Crippen LogP contribution in [0.4, 0.5) is 5.69 Å². The normalized spacial score (nSPS) is 15.9. The lowest BCUT2D eigenvalue weighted by molar-refractivity contribution is 0.101. The van der Waals surface area contributed by atoms with Crippen LogP contribution in [0.15, 0.2) is 54.7 Å². The lowest BCUT2D eigenvalue weighted by Gasteiger charge is -2.20. The Morgan fingerprint density at radius 3 is 2.86 bits per heavy atom. The van der Waals surface area contributed by atoms with E-state index in [9.17, 15) is 4.79 Å². The molecule has 0 spiro atoms. The Hall–Kier alpha value is -3.12. The maximum Gasteiger partial charge on any atom is 0.273 e. The van der Waals surface area contributed by atoms with E-state index >= 15 is 0 Å². The first-order valence-electron chi connectivity index (χ1n) is 10.1. The molecule has 0 fully saturated rings. The Balaban J connectivity index is 1.26. The van der Waals surface area contributed by atoms with E-state index in [0.29, 0.717) is 5.69 Å². The fourth-order valence-electron chi connectivity index (χ4n) is 4.13. The number of carbonyl (C=O) groups excluding carboxylic acids is 1.